The lowest BCUT2D eigenvalue weighted by atomic mass is 9.74. The van der Waals surface area contributed by atoms with Crippen LogP contribution >= 0.6 is 11.6 Å². The van der Waals surface area contributed by atoms with Crippen molar-refractivity contribution >= 4 is 23.2 Å². The molecule has 0 atom stereocenters. The fourth-order valence-electron chi connectivity index (χ4n) is 4.23. The van der Waals surface area contributed by atoms with E-state index in [1.165, 1.54) is 5.69 Å². The third-order valence-electron chi connectivity index (χ3n) is 6.01. The van der Waals surface area contributed by atoms with E-state index in [0.717, 1.165) is 82.9 Å². The van der Waals surface area contributed by atoms with Gasteiger partial charge in [-0.2, -0.15) is 0 Å². The minimum Gasteiger partial charge on any atom is -0.369 e. The number of anilines is 1. The summed E-state index contributed by atoms with van der Waals surface area (Å²) in [6.45, 7) is 7.17. The first-order chi connectivity index (χ1) is 12.6. The maximum absolute atomic E-state index is 11.9. The van der Waals surface area contributed by atoms with Crippen LogP contribution in [0.2, 0.25) is 5.02 Å². The monoisotopic (exact) mass is 378 g/mol. The Kier molecular flexibility index (Phi) is 6.79. The standard InChI is InChI=1S/C20H31ClN4O/c21-17-4-3-5-18(16-17)25-14-12-24(13-15-25)11-2-1-6-20(19(22)26)7-9-23-10-8-20/h3-5,16,23H,1-2,6-15H2,(H2,22,26). The van der Waals surface area contributed by atoms with Crippen molar-refractivity contribution in [2.75, 3.05) is 50.7 Å². The number of hydrogen-bond donors (Lipinski definition) is 2. The summed E-state index contributed by atoms with van der Waals surface area (Å²) in [5.74, 6) is -0.103. The number of carbonyl (C=O) groups is 1. The number of piperidine rings is 1. The molecular weight excluding hydrogens is 348 g/mol. The highest BCUT2D eigenvalue weighted by Gasteiger charge is 2.37. The molecule has 0 aromatic heterocycles. The number of hydrogen-bond acceptors (Lipinski definition) is 4. The van der Waals surface area contributed by atoms with Crippen LogP contribution in [0.15, 0.2) is 24.3 Å². The quantitative estimate of drug-likeness (QED) is 0.715. The summed E-state index contributed by atoms with van der Waals surface area (Å²) in [4.78, 5) is 16.9. The Morgan fingerprint density at radius 3 is 2.54 bits per heavy atom. The average Bonchev–Trinajstić information content (AvgIpc) is 2.66. The van der Waals surface area contributed by atoms with Crippen LogP contribution in [0.3, 0.4) is 0 Å². The second-order valence-electron chi connectivity index (χ2n) is 7.66. The number of nitrogens with two attached hydrogens (primary N) is 1. The molecule has 2 aliphatic heterocycles. The highest BCUT2D eigenvalue weighted by Crippen LogP contribution is 2.34. The first-order valence-electron chi connectivity index (χ1n) is 9.83. The van der Waals surface area contributed by atoms with Gasteiger partial charge in [-0.25, -0.2) is 0 Å². The molecule has 2 saturated heterocycles. The molecule has 144 valence electrons. The van der Waals surface area contributed by atoms with Gasteiger partial charge in [-0.1, -0.05) is 24.1 Å². The van der Waals surface area contributed by atoms with Crippen LogP contribution in [0.25, 0.3) is 0 Å². The molecule has 0 unspecified atom stereocenters. The second kappa shape index (κ2) is 9.07. The molecular formula is C20H31ClN4O. The van der Waals surface area contributed by atoms with E-state index in [1.54, 1.807) is 0 Å². The van der Waals surface area contributed by atoms with E-state index in [0.29, 0.717) is 0 Å². The van der Waals surface area contributed by atoms with Gasteiger partial charge in [0.2, 0.25) is 5.91 Å². The Morgan fingerprint density at radius 1 is 1.15 bits per heavy atom. The maximum atomic E-state index is 11.9. The summed E-state index contributed by atoms with van der Waals surface area (Å²) in [5.41, 5.74) is 6.66. The van der Waals surface area contributed by atoms with Gasteiger partial charge in [0.1, 0.15) is 0 Å². The van der Waals surface area contributed by atoms with Crippen molar-refractivity contribution in [2.24, 2.45) is 11.1 Å². The predicted octanol–water partition coefficient (Wildman–Crippen LogP) is 2.49. The van der Waals surface area contributed by atoms with Crippen molar-refractivity contribution in [2.45, 2.75) is 32.1 Å². The third kappa shape index (κ3) is 4.90. The molecule has 3 rings (SSSR count). The summed E-state index contributed by atoms with van der Waals surface area (Å²) < 4.78 is 0. The molecule has 0 radical (unpaired) electrons. The summed E-state index contributed by atoms with van der Waals surface area (Å²) in [7, 11) is 0. The van der Waals surface area contributed by atoms with Gasteiger partial charge >= 0.3 is 0 Å². The summed E-state index contributed by atoms with van der Waals surface area (Å²) in [6.07, 6.45) is 4.94. The topological polar surface area (TPSA) is 61.6 Å². The number of piperazine rings is 1. The molecule has 2 heterocycles. The molecule has 0 aliphatic carbocycles. The summed E-state index contributed by atoms with van der Waals surface area (Å²) >= 11 is 6.10. The second-order valence-corrected chi connectivity index (χ2v) is 8.10. The first-order valence-corrected chi connectivity index (χ1v) is 10.2. The molecule has 6 heteroatoms. The molecule has 2 fully saturated rings. The molecule has 0 saturated carbocycles. The Labute approximate surface area is 161 Å². The van der Waals surface area contributed by atoms with E-state index in [1.807, 2.05) is 18.2 Å². The summed E-state index contributed by atoms with van der Waals surface area (Å²) in [5, 5.41) is 4.13. The van der Waals surface area contributed by atoms with E-state index in [9.17, 15) is 4.79 Å². The van der Waals surface area contributed by atoms with Gasteiger partial charge < -0.3 is 16.0 Å². The molecule has 0 bridgehead atoms. The Morgan fingerprint density at radius 2 is 1.88 bits per heavy atom. The zero-order chi connectivity index (χ0) is 18.4. The van der Waals surface area contributed by atoms with Crippen molar-refractivity contribution in [1.29, 1.82) is 0 Å². The Hall–Kier alpha value is -1.30. The highest BCUT2D eigenvalue weighted by molar-refractivity contribution is 6.30. The van der Waals surface area contributed by atoms with Gasteiger partial charge in [0.05, 0.1) is 5.41 Å². The SMILES string of the molecule is NC(=O)C1(CCCCN2CCN(c3cccc(Cl)c3)CC2)CCNCC1. The van der Waals surface area contributed by atoms with Gasteiger partial charge in [-0.3, -0.25) is 9.69 Å². The number of unbranched alkanes of at least 4 members (excludes halogenated alkanes) is 1. The van der Waals surface area contributed by atoms with Crippen LogP contribution in [0.1, 0.15) is 32.1 Å². The van der Waals surface area contributed by atoms with E-state index in [-0.39, 0.29) is 11.3 Å². The van der Waals surface area contributed by atoms with Crippen LogP contribution < -0.4 is 16.0 Å². The number of nitrogens with one attached hydrogen (secondary N) is 1. The van der Waals surface area contributed by atoms with E-state index < -0.39 is 0 Å². The number of primary amides is 1. The normalized spacial score (nSPS) is 20.9. The molecule has 1 amide bonds. The van der Waals surface area contributed by atoms with Crippen LogP contribution in [-0.4, -0.2) is 56.6 Å². The Bertz CT molecular complexity index is 595. The largest absolute Gasteiger partial charge is 0.369 e. The van der Waals surface area contributed by atoms with Crippen molar-refractivity contribution in [3.8, 4) is 0 Å². The van der Waals surface area contributed by atoms with Gasteiger partial charge in [0.25, 0.3) is 0 Å². The minimum absolute atomic E-state index is 0.103. The van der Waals surface area contributed by atoms with Crippen molar-refractivity contribution in [1.82, 2.24) is 10.2 Å². The first kappa shape index (κ1) is 19.5. The number of amides is 1. The smallest absolute Gasteiger partial charge is 0.223 e. The molecule has 0 spiro atoms. The van der Waals surface area contributed by atoms with E-state index >= 15 is 0 Å². The van der Waals surface area contributed by atoms with Crippen LogP contribution in [-0.2, 0) is 4.79 Å². The lowest BCUT2D eigenvalue weighted by molar-refractivity contribution is -0.129. The average molecular weight is 379 g/mol. The molecule has 1 aromatic rings. The van der Waals surface area contributed by atoms with Gasteiger partial charge in [-0.05, 0) is 63.5 Å². The maximum Gasteiger partial charge on any atom is 0.223 e. The molecule has 5 nitrogen and oxygen atoms in total. The molecule has 1 aromatic carbocycles. The lowest BCUT2D eigenvalue weighted by Crippen LogP contribution is -2.47. The summed E-state index contributed by atoms with van der Waals surface area (Å²) in [6, 6.07) is 8.10. The van der Waals surface area contributed by atoms with E-state index in [4.69, 9.17) is 17.3 Å². The number of benzene rings is 1. The van der Waals surface area contributed by atoms with Gasteiger partial charge in [0, 0.05) is 36.9 Å². The Balaban J connectivity index is 1.38. The lowest BCUT2D eigenvalue weighted by Gasteiger charge is -2.37. The fraction of sp³-hybridized carbons (Fsp3) is 0.650. The zero-order valence-corrected chi connectivity index (χ0v) is 16.3. The van der Waals surface area contributed by atoms with Crippen LogP contribution in [0, 0.1) is 5.41 Å². The highest BCUT2D eigenvalue weighted by atomic mass is 35.5. The molecule has 2 aliphatic rings. The number of nitrogens with zero attached hydrogens (tertiary/aromatic N) is 2. The van der Waals surface area contributed by atoms with E-state index in [2.05, 4.69) is 21.2 Å². The van der Waals surface area contributed by atoms with Crippen molar-refractivity contribution in [3.05, 3.63) is 29.3 Å². The van der Waals surface area contributed by atoms with Crippen molar-refractivity contribution < 1.29 is 4.79 Å². The fourth-order valence-corrected chi connectivity index (χ4v) is 4.41. The van der Waals surface area contributed by atoms with Crippen LogP contribution in [0.4, 0.5) is 5.69 Å². The number of rotatable bonds is 7. The van der Waals surface area contributed by atoms with Crippen LogP contribution in [0.5, 0.6) is 0 Å². The van der Waals surface area contributed by atoms with Gasteiger partial charge in [0.15, 0.2) is 0 Å². The number of carbonyl (C=O) groups excluding carboxylic acids is 1. The zero-order valence-electron chi connectivity index (χ0n) is 15.6. The minimum atomic E-state index is -0.267. The predicted molar refractivity (Wildman–Crippen MR) is 108 cm³/mol. The third-order valence-corrected chi connectivity index (χ3v) is 6.24. The van der Waals surface area contributed by atoms with Gasteiger partial charge in [-0.15, -0.1) is 0 Å². The molecule has 26 heavy (non-hydrogen) atoms. The molecule has 3 N–H and O–H groups in total. The number of halogens is 1. The van der Waals surface area contributed by atoms with Crippen molar-refractivity contribution in [3.63, 3.8) is 0 Å².